The molecule has 1 aromatic heterocycles. The van der Waals surface area contributed by atoms with Crippen molar-refractivity contribution in [2.24, 2.45) is 23.2 Å². The third-order valence-electron chi connectivity index (χ3n) is 5.81. The van der Waals surface area contributed by atoms with Gasteiger partial charge in [0.2, 0.25) is 0 Å². The van der Waals surface area contributed by atoms with Crippen molar-refractivity contribution in [1.82, 2.24) is 9.55 Å². The number of hydrogen-bond acceptors (Lipinski definition) is 2. The van der Waals surface area contributed by atoms with Crippen molar-refractivity contribution in [1.29, 1.82) is 0 Å². The molecular weight excluding hydrogens is 236 g/mol. The standard InChI is InChI=1S/C16H24N2O/c19-15(10-18-2-1-17-11-18)9-16-6-12-3-13(7-16)5-14(4-12)8-16/h1-2,11-15,19H,3-10H2. The number of hydrogen-bond donors (Lipinski definition) is 1. The summed E-state index contributed by atoms with van der Waals surface area (Å²) in [6.07, 6.45) is 15.0. The first kappa shape index (κ1) is 12.0. The van der Waals surface area contributed by atoms with Crippen LogP contribution >= 0.6 is 0 Å². The second kappa shape index (κ2) is 4.34. The lowest BCUT2D eigenvalue weighted by atomic mass is 9.48. The fourth-order valence-corrected chi connectivity index (χ4v) is 5.74. The van der Waals surface area contributed by atoms with E-state index in [2.05, 4.69) is 4.98 Å². The highest BCUT2D eigenvalue weighted by atomic mass is 16.3. The molecule has 0 amide bonds. The molecule has 4 fully saturated rings. The van der Waals surface area contributed by atoms with Crippen molar-refractivity contribution in [3.8, 4) is 0 Å². The van der Waals surface area contributed by atoms with Gasteiger partial charge in [-0.1, -0.05) is 0 Å². The maximum Gasteiger partial charge on any atom is 0.0946 e. The Hall–Kier alpha value is -0.830. The van der Waals surface area contributed by atoms with Gasteiger partial charge in [-0.15, -0.1) is 0 Å². The van der Waals surface area contributed by atoms with E-state index in [0.717, 1.165) is 24.2 Å². The van der Waals surface area contributed by atoms with Crippen molar-refractivity contribution in [2.75, 3.05) is 0 Å². The summed E-state index contributed by atoms with van der Waals surface area (Å²) in [6.45, 7) is 0.710. The molecule has 0 spiro atoms. The van der Waals surface area contributed by atoms with Crippen LogP contribution < -0.4 is 0 Å². The molecule has 0 radical (unpaired) electrons. The maximum atomic E-state index is 10.4. The number of rotatable bonds is 4. The molecule has 4 aliphatic carbocycles. The fraction of sp³-hybridized carbons (Fsp3) is 0.812. The molecule has 104 valence electrons. The molecule has 19 heavy (non-hydrogen) atoms. The molecule has 0 saturated heterocycles. The van der Waals surface area contributed by atoms with Crippen LogP contribution in [-0.2, 0) is 6.54 Å². The summed E-state index contributed by atoms with van der Waals surface area (Å²) >= 11 is 0. The van der Waals surface area contributed by atoms with E-state index in [-0.39, 0.29) is 6.10 Å². The molecular formula is C16H24N2O. The van der Waals surface area contributed by atoms with Crippen molar-refractivity contribution < 1.29 is 5.11 Å². The summed E-state index contributed by atoms with van der Waals surface area (Å²) in [5.74, 6) is 2.94. The van der Waals surface area contributed by atoms with Crippen LogP contribution in [0.5, 0.6) is 0 Å². The number of aliphatic hydroxyl groups is 1. The van der Waals surface area contributed by atoms with E-state index >= 15 is 0 Å². The van der Waals surface area contributed by atoms with Crippen LogP contribution in [0.4, 0.5) is 0 Å². The van der Waals surface area contributed by atoms with Crippen LogP contribution in [0.3, 0.4) is 0 Å². The Balaban J connectivity index is 1.44. The SMILES string of the molecule is OC(Cn1ccnc1)CC12CC3CC(CC(C3)C1)C2. The van der Waals surface area contributed by atoms with Gasteiger partial charge in [0.05, 0.1) is 12.4 Å². The minimum absolute atomic E-state index is 0.203. The molecule has 4 bridgehead atoms. The second-order valence-corrected chi connectivity index (χ2v) is 7.53. The Labute approximate surface area is 115 Å². The summed E-state index contributed by atoms with van der Waals surface area (Å²) in [5.41, 5.74) is 0.481. The summed E-state index contributed by atoms with van der Waals surface area (Å²) in [5, 5.41) is 10.4. The van der Waals surface area contributed by atoms with Gasteiger partial charge in [0, 0.05) is 18.9 Å². The highest BCUT2D eigenvalue weighted by Crippen LogP contribution is 2.61. The first-order valence-electron chi connectivity index (χ1n) is 7.85. The molecule has 5 rings (SSSR count). The molecule has 3 heteroatoms. The van der Waals surface area contributed by atoms with Crippen LogP contribution in [0, 0.1) is 23.2 Å². The molecule has 0 aromatic carbocycles. The minimum atomic E-state index is -0.203. The van der Waals surface area contributed by atoms with Crippen molar-refractivity contribution in [3.05, 3.63) is 18.7 Å². The highest BCUT2D eigenvalue weighted by molar-refractivity contribution is 5.02. The number of aliphatic hydroxyl groups excluding tert-OH is 1. The zero-order chi connectivity index (χ0) is 12.9. The quantitative estimate of drug-likeness (QED) is 0.904. The molecule has 1 unspecified atom stereocenters. The number of nitrogens with zero attached hydrogens (tertiary/aromatic N) is 2. The summed E-state index contributed by atoms with van der Waals surface area (Å²) in [7, 11) is 0. The average Bonchev–Trinajstić information content (AvgIpc) is 2.78. The molecule has 1 N–H and O–H groups in total. The summed E-state index contributed by atoms with van der Waals surface area (Å²) in [4.78, 5) is 4.05. The largest absolute Gasteiger partial charge is 0.391 e. The predicted octanol–water partition coefficient (Wildman–Crippen LogP) is 2.85. The first-order chi connectivity index (χ1) is 9.21. The first-order valence-corrected chi connectivity index (χ1v) is 7.85. The highest BCUT2D eigenvalue weighted by Gasteiger charge is 2.51. The third-order valence-corrected chi connectivity index (χ3v) is 5.81. The number of aromatic nitrogens is 2. The fourth-order valence-electron chi connectivity index (χ4n) is 5.74. The van der Waals surface area contributed by atoms with Crippen molar-refractivity contribution in [2.45, 2.75) is 57.6 Å². The van der Waals surface area contributed by atoms with E-state index < -0.39 is 0 Å². The van der Waals surface area contributed by atoms with Gasteiger partial charge in [-0.2, -0.15) is 0 Å². The van der Waals surface area contributed by atoms with E-state index in [1.54, 1.807) is 6.20 Å². The van der Waals surface area contributed by atoms with Crippen LogP contribution in [0.15, 0.2) is 18.7 Å². The lowest BCUT2D eigenvalue weighted by Crippen LogP contribution is -2.47. The van der Waals surface area contributed by atoms with Gasteiger partial charge in [-0.05, 0) is 68.1 Å². The van der Waals surface area contributed by atoms with Gasteiger partial charge >= 0.3 is 0 Å². The Morgan fingerprint density at radius 2 is 1.79 bits per heavy atom. The van der Waals surface area contributed by atoms with Crippen LogP contribution in [0.2, 0.25) is 0 Å². The molecule has 3 nitrogen and oxygen atoms in total. The molecule has 4 aliphatic rings. The Morgan fingerprint density at radius 3 is 2.32 bits per heavy atom. The Kier molecular flexibility index (Phi) is 2.73. The molecule has 1 atom stereocenters. The van der Waals surface area contributed by atoms with E-state index in [1.165, 1.54) is 38.5 Å². The zero-order valence-electron chi connectivity index (χ0n) is 11.5. The normalized spacial score (nSPS) is 41.6. The number of imidazole rings is 1. The zero-order valence-corrected chi connectivity index (χ0v) is 11.5. The lowest BCUT2D eigenvalue weighted by molar-refractivity contribution is -0.0775. The second-order valence-electron chi connectivity index (χ2n) is 7.53. The molecule has 4 saturated carbocycles. The van der Waals surface area contributed by atoms with Gasteiger partial charge in [-0.25, -0.2) is 4.98 Å². The van der Waals surface area contributed by atoms with Gasteiger partial charge in [0.25, 0.3) is 0 Å². The molecule has 1 heterocycles. The van der Waals surface area contributed by atoms with Crippen molar-refractivity contribution in [3.63, 3.8) is 0 Å². The Bertz CT molecular complexity index is 404. The minimum Gasteiger partial charge on any atom is -0.391 e. The van der Waals surface area contributed by atoms with Crippen LogP contribution in [-0.4, -0.2) is 20.8 Å². The van der Waals surface area contributed by atoms with Crippen LogP contribution in [0.25, 0.3) is 0 Å². The van der Waals surface area contributed by atoms with Gasteiger partial charge < -0.3 is 9.67 Å². The lowest BCUT2D eigenvalue weighted by Gasteiger charge is -2.57. The van der Waals surface area contributed by atoms with E-state index in [1.807, 2.05) is 17.1 Å². The van der Waals surface area contributed by atoms with E-state index in [0.29, 0.717) is 12.0 Å². The Morgan fingerprint density at radius 1 is 1.16 bits per heavy atom. The summed E-state index contributed by atoms with van der Waals surface area (Å²) < 4.78 is 2.01. The van der Waals surface area contributed by atoms with E-state index in [9.17, 15) is 5.11 Å². The molecule has 1 aromatic rings. The summed E-state index contributed by atoms with van der Waals surface area (Å²) in [6, 6.07) is 0. The third kappa shape index (κ3) is 2.22. The van der Waals surface area contributed by atoms with Crippen molar-refractivity contribution >= 4 is 0 Å². The van der Waals surface area contributed by atoms with Gasteiger partial charge in [0.15, 0.2) is 0 Å². The van der Waals surface area contributed by atoms with Gasteiger partial charge in [0.1, 0.15) is 0 Å². The topological polar surface area (TPSA) is 38.0 Å². The monoisotopic (exact) mass is 260 g/mol. The van der Waals surface area contributed by atoms with E-state index in [4.69, 9.17) is 0 Å². The van der Waals surface area contributed by atoms with Crippen LogP contribution in [0.1, 0.15) is 44.9 Å². The van der Waals surface area contributed by atoms with Gasteiger partial charge in [-0.3, -0.25) is 0 Å². The average molecular weight is 260 g/mol. The predicted molar refractivity (Wildman–Crippen MR) is 73.5 cm³/mol. The smallest absolute Gasteiger partial charge is 0.0946 e. The maximum absolute atomic E-state index is 10.4. The molecule has 0 aliphatic heterocycles.